The molecular weight excluding hydrogens is 226 g/mol. The Bertz CT molecular complexity index is 327. The van der Waals surface area contributed by atoms with Gasteiger partial charge in [0.25, 0.3) is 0 Å². The first-order valence-corrected chi connectivity index (χ1v) is 7.41. The van der Waals surface area contributed by atoms with E-state index in [1.54, 1.807) is 0 Å². The van der Waals surface area contributed by atoms with E-state index in [0.717, 1.165) is 38.9 Å². The monoisotopic (exact) mass is 251 g/mol. The van der Waals surface area contributed by atoms with Crippen LogP contribution in [-0.2, 0) is 4.79 Å². The molecule has 2 N–H and O–H groups in total. The number of amides is 1. The summed E-state index contributed by atoms with van der Waals surface area (Å²) in [7, 11) is 2.10. The van der Waals surface area contributed by atoms with Gasteiger partial charge in [-0.15, -0.1) is 0 Å². The first-order chi connectivity index (χ1) is 8.67. The zero-order valence-corrected chi connectivity index (χ0v) is 11.4. The molecule has 1 amide bonds. The smallest absolute Gasteiger partial charge is 0.224 e. The van der Waals surface area contributed by atoms with Gasteiger partial charge in [0, 0.05) is 18.1 Å². The SMILES string of the molecule is CN1CCC(C(=O)NC2CCNC3(CCC3)C2)C1. The molecule has 0 aromatic heterocycles. The summed E-state index contributed by atoms with van der Waals surface area (Å²) in [6.45, 7) is 3.06. The Kier molecular flexibility index (Phi) is 3.32. The van der Waals surface area contributed by atoms with Gasteiger partial charge >= 0.3 is 0 Å². The summed E-state index contributed by atoms with van der Waals surface area (Å²) in [5.74, 6) is 0.517. The van der Waals surface area contributed by atoms with Crippen molar-refractivity contribution in [1.82, 2.24) is 15.5 Å². The van der Waals surface area contributed by atoms with Gasteiger partial charge in [-0.25, -0.2) is 0 Å². The van der Waals surface area contributed by atoms with Gasteiger partial charge < -0.3 is 15.5 Å². The van der Waals surface area contributed by atoms with Gasteiger partial charge in [-0.3, -0.25) is 4.79 Å². The molecule has 4 heteroatoms. The third-order valence-electron chi connectivity index (χ3n) is 5.05. The first kappa shape index (κ1) is 12.4. The van der Waals surface area contributed by atoms with Gasteiger partial charge in [-0.05, 0) is 58.7 Å². The lowest BCUT2D eigenvalue weighted by atomic mass is 9.70. The van der Waals surface area contributed by atoms with Crippen molar-refractivity contribution in [2.24, 2.45) is 5.92 Å². The molecule has 0 aromatic carbocycles. The largest absolute Gasteiger partial charge is 0.353 e. The number of hydrogen-bond donors (Lipinski definition) is 2. The molecule has 2 unspecified atom stereocenters. The second-order valence-corrected chi connectivity index (χ2v) is 6.51. The third-order valence-corrected chi connectivity index (χ3v) is 5.05. The molecule has 102 valence electrons. The van der Waals surface area contributed by atoms with Crippen molar-refractivity contribution in [3.05, 3.63) is 0 Å². The number of carbonyl (C=O) groups is 1. The Morgan fingerprint density at radius 1 is 1.39 bits per heavy atom. The van der Waals surface area contributed by atoms with Crippen LogP contribution in [0.1, 0.15) is 38.5 Å². The molecule has 3 aliphatic rings. The normalized spacial score (nSPS) is 35.4. The highest BCUT2D eigenvalue weighted by Gasteiger charge is 2.41. The summed E-state index contributed by atoms with van der Waals surface area (Å²) in [6, 6.07) is 0.407. The van der Waals surface area contributed by atoms with E-state index in [4.69, 9.17) is 0 Å². The fourth-order valence-corrected chi connectivity index (χ4v) is 3.73. The van der Waals surface area contributed by atoms with Crippen LogP contribution in [-0.4, -0.2) is 49.1 Å². The minimum absolute atomic E-state index is 0.224. The molecule has 2 heterocycles. The van der Waals surface area contributed by atoms with Crippen molar-refractivity contribution >= 4 is 5.91 Å². The van der Waals surface area contributed by atoms with Crippen LogP contribution in [0.25, 0.3) is 0 Å². The second kappa shape index (κ2) is 4.82. The predicted molar refractivity (Wildman–Crippen MR) is 71.4 cm³/mol. The van der Waals surface area contributed by atoms with Crippen molar-refractivity contribution in [1.29, 1.82) is 0 Å². The van der Waals surface area contributed by atoms with Crippen LogP contribution >= 0.6 is 0 Å². The van der Waals surface area contributed by atoms with E-state index in [2.05, 4.69) is 22.6 Å². The highest BCUT2D eigenvalue weighted by molar-refractivity contribution is 5.79. The van der Waals surface area contributed by atoms with Crippen LogP contribution in [0.3, 0.4) is 0 Å². The van der Waals surface area contributed by atoms with Gasteiger partial charge in [-0.2, -0.15) is 0 Å². The number of nitrogens with one attached hydrogen (secondary N) is 2. The summed E-state index contributed by atoms with van der Waals surface area (Å²) < 4.78 is 0. The van der Waals surface area contributed by atoms with E-state index >= 15 is 0 Å². The van der Waals surface area contributed by atoms with E-state index in [1.807, 2.05) is 0 Å². The molecule has 1 saturated carbocycles. The number of hydrogen-bond acceptors (Lipinski definition) is 3. The highest BCUT2D eigenvalue weighted by Crippen LogP contribution is 2.38. The highest BCUT2D eigenvalue weighted by atomic mass is 16.2. The van der Waals surface area contributed by atoms with Crippen molar-refractivity contribution in [3.63, 3.8) is 0 Å². The lowest BCUT2D eigenvalue weighted by molar-refractivity contribution is -0.125. The van der Waals surface area contributed by atoms with Crippen LogP contribution in [0.15, 0.2) is 0 Å². The van der Waals surface area contributed by atoms with E-state index in [1.165, 1.54) is 19.3 Å². The zero-order chi connectivity index (χ0) is 12.6. The Hall–Kier alpha value is -0.610. The van der Waals surface area contributed by atoms with Crippen LogP contribution in [0.4, 0.5) is 0 Å². The molecule has 2 saturated heterocycles. The lowest BCUT2D eigenvalue weighted by Crippen LogP contribution is -2.60. The number of nitrogens with zero attached hydrogens (tertiary/aromatic N) is 1. The molecule has 3 rings (SSSR count). The topological polar surface area (TPSA) is 44.4 Å². The average Bonchev–Trinajstić information content (AvgIpc) is 2.74. The van der Waals surface area contributed by atoms with Crippen molar-refractivity contribution in [3.8, 4) is 0 Å². The molecule has 1 spiro atoms. The summed E-state index contributed by atoms with van der Waals surface area (Å²) in [5, 5.41) is 6.95. The Balaban J connectivity index is 1.51. The zero-order valence-electron chi connectivity index (χ0n) is 11.4. The third kappa shape index (κ3) is 2.41. The van der Waals surface area contributed by atoms with Crippen LogP contribution in [0, 0.1) is 5.92 Å². The molecule has 18 heavy (non-hydrogen) atoms. The second-order valence-electron chi connectivity index (χ2n) is 6.51. The molecule has 0 bridgehead atoms. The van der Waals surface area contributed by atoms with Gasteiger partial charge in [-0.1, -0.05) is 0 Å². The molecule has 0 aromatic rings. The van der Waals surface area contributed by atoms with Crippen LogP contribution < -0.4 is 10.6 Å². The number of likely N-dealkylation sites (tertiary alicyclic amines) is 1. The Morgan fingerprint density at radius 3 is 2.83 bits per heavy atom. The minimum atomic E-state index is 0.224. The number of carbonyl (C=O) groups excluding carboxylic acids is 1. The molecule has 2 aliphatic heterocycles. The average molecular weight is 251 g/mol. The standard InChI is InChI=1S/C14H25N3O/c1-17-8-4-11(10-17)13(18)16-12-3-7-15-14(9-12)5-2-6-14/h11-12,15H,2-10H2,1H3,(H,16,18). The summed E-state index contributed by atoms with van der Waals surface area (Å²) >= 11 is 0. The molecule has 4 nitrogen and oxygen atoms in total. The Labute approximate surface area is 109 Å². The fraction of sp³-hybridized carbons (Fsp3) is 0.929. The first-order valence-electron chi connectivity index (χ1n) is 7.41. The van der Waals surface area contributed by atoms with Gasteiger partial charge in [0.15, 0.2) is 0 Å². The van der Waals surface area contributed by atoms with Gasteiger partial charge in [0.1, 0.15) is 0 Å². The molecule has 2 atom stereocenters. The molecule has 1 aliphatic carbocycles. The summed E-state index contributed by atoms with van der Waals surface area (Å²) in [5.41, 5.74) is 0.378. The van der Waals surface area contributed by atoms with Crippen LogP contribution in [0.2, 0.25) is 0 Å². The predicted octanol–water partition coefficient (Wildman–Crippen LogP) is 0.729. The maximum absolute atomic E-state index is 12.2. The van der Waals surface area contributed by atoms with Gasteiger partial charge in [0.05, 0.1) is 5.92 Å². The van der Waals surface area contributed by atoms with Crippen molar-refractivity contribution in [2.45, 2.75) is 50.1 Å². The molecule has 0 radical (unpaired) electrons. The minimum Gasteiger partial charge on any atom is -0.353 e. The van der Waals surface area contributed by atoms with E-state index in [-0.39, 0.29) is 5.92 Å². The maximum Gasteiger partial charge on any atom is 0.224 e. The van der Waals surface area contributed by atoms with Crippen molar-refractivity contribution in [2.75, 3.05) is 26.7 Å². The quantitative estimate of drug-likeness (QED) is 0.760. The van der Waals surface area contributed by atoms with E-state index < -0.39 is 0 Å². The molecule has 3 fully saturated rings. The lowest BCUT2D eigenvalue weighted by Gasteiger charge is -2.48. The summed E-state index contributed by atoms with van der Waals surface area (Å²) in [4.78, 5) is 14.5. The molecular formula is C14H25N3O. The Morgan fingerprint density at radius 2 is 2.22 bits per heavy atom. The van der Waals surface area contributed by atoms with Crippen molar-refractivity contribution < 1.29 is 4.79 Å². The fourth-order valence-electron chi connectivity index (χ4n) is 3.73. The van der Waals surface area contributed by atoms with E-state index in [0.29, 0.717) is 17.5 Å². The number of rotatable bonds is 2. The summed E-state index contributed by atoms with van der Waals surface area (Å²) in [6.07, 6.45) is 7.20. The van der Waals surface area contributed by atoms with Crippen LogP contribution in [0.5, 0.6) is 0 Å². The van der Waals surface area contributed by atoms with Gasteiger partial charge in [0.2, 0.25) is 5.91 Å². The maximum atomic E-state index is 12.2. The number of piperidine rings is 1. The van der Waals surface area contributed by atoms with E-state index in [9.17, 15) is 4.79 Å².